The highest BCUT2D eigenvalue weighted by molar-refractivity contribution is 5.97. The van der Waals surface area contributed by atoms with Crippen LogP contribution >= 0.6 is 0 Å². The second-order valence-corrected chi connectivity index (χ2v) is 8.78. The summed E-state index contributed by atoms with van der Waals surface area (Å²) in [6, 6.07) is 11.2. The third-order valence-corrected chi connectivity index (χ3v) is 6.12. The van der Waals surface area contributed by atoms with Crippen molar-refractivity contribution in [2.75, 3.05) is 19.8 Å². The number of aryl methyl sites for hydroxylation is 1. The number of hydrogen-bond donors (Lipinski definition) is 2. The number of ether oxygens (including phenoxy) is 2. The van der Waals surface area contributed by atoms with Crippen LogP contribution in [0.2, 0.25) is 0 Å². The predicted octanol–water partition coefficient (Wildman–Crippen LogP) is 4.47. The Kier molecular flexibility index (Phi) is 7.47. The normalized spacial score (nSPS) is 15.6. The molecular formula is C27H28FN5O3. The molecule has 0 aliphatic carbocycles. The van der Waals surface area contributed by atoms with Gasteiger partial charge in [-0.2, -0.15) is 0 Å². The SMILES string of the molecule is O=C(NCCCc1ncc[nH]1)c1ccc2nc(OCC3CCCCO3)c(-c3ccc(F)cc3)nc2c1. The molecule has 1 aliphatic heterocycles. The summed E-state index contributed by atoms with van der Waals surface area (Å²) in [6.07, 6.45) is 8.14. The number of fused-ring (bicyclic) bond motifs is 1. The van der Waals surface area contributed by atoms with Crippen molar-refractivity contribution in [3.8, 4) is 17.1 Å². The number of aromatic amines is 1. The summed E-state index contributed by atoms with van der Waals surface area (Å²) in [6.45, 7) is 1.63. The van der Waals surface area contributed by atoms with Crippen LogP contribution in [0.4, 0.5) is 4.39 Å². The maximum absolute atomic E-state index is 13.6. The summed E-state index contributed by atoms with van der Waals surface area (Å²) in [4.78, 5) is 29.4. The van der Waals surface area contributed by atoms with Gasteiger partial charge in [-0.1, -0.05) is 0 Å². The van der Waals surface area contributed by atoms with Crippen LogP contribution in [0.3, 0.4) is 0 Å². The number of imidazole rings is 1. The topological polar surface area (TPSA) is 102 Å². The molecule has 1 unspecified atom stereocenters. The highest BCUT2D eigenvalue weighted by Gasteiger charge is 2.19. The molecule has 2 aromatic carbocycles. The average Bonchev–Trinajstić information content (AvgIpc) is 3.44. The van der Waals surface area contributed by atoms with Gasteiger partial charge < -0.3 is 19.8 Å². The van der Waals surface area contributed by atoms with Crippen molar-refractivity contribution in [3.63, 3.8) is 0 Å². The van der Waals surface area contributed by atoms with E-state index in [2.05, 4.69) is 20.3 Å². The molecule has 0 radical (unpaired) electrons. The van der Waals surface area contributed by atoms with E-state index in [1.807, 2.05) is 0 Å². The maximum Gasteiger partial charge on any atom is 0.251 e. The van der Waals surface area contributed by atoms with Gasteiger partial charge in [0.1, 0.15) is 23.9 Å². The van der Waals surface area contributed by atoms with Gasteiger partial charge in [0.2, 0.25) is 5.88 Å². The van der Waals surface area contributed by atoms with E-state index in [1.54, 1.807) is 42.7 Å². The molecule has 5 rings (SSSR count). The second kappa shape index (κ2) is 11.3. The molecule has 9 heteroatoms. The van der Waals surface area contributed by atoms with E-state index in [0.29, 0.717) is 46.9 Å². The van der Waals surface area contributed by atoms with E-state index in [-0.39, 0.29) is 17.8 Å². The van der Waals surface area contributed by atoms with Gasteiger partial charge in [-0.05, 0) is 68.1 Å². The molecule has 0 spiro atoms. The Labute approximate surface area is 208 Å². The third kappa shape index (κ3) is 5.85. The minimum absolute atomic E-state index is 0.0103. The summed E-state index contributed by atoms with van der Waals surface area (Å²) in [5.74, 6) is 0.734. The number of carbonyl (C=O) groups is 1. The summed E-state index contributed by atoms with van der Waals surface area (Å²) >= 11 is 0. The van der Waals surface area contributed by atoms with Gasteiger partial charge in [0.25, 0.3) is 5.91 Å². The van der Waals surface area contributed by atoms with Crippen LogP contribution in [-0.4, -0.2) is 51.7 Å². The number of amides is 1. The van der Waals surface area contributed by atoms with Crippen molar-refractivity contribution in [1.82, 2.24) is 25.3 Å². The molecule has 1 atom stereocenters. The lowest BCUT2D eigenvalue weighted by atomic mass is 10.1. The molecule has 4 aromatic rings. The molecule has 8 nitrogen and oxygen atoms in total. The third-order valence-electron chi connectivity index (χ3n) is 6.12. The number of halogens is 1. The first-order chi connectivity index (χ1) is 17.7. The van der Waals surface area contributed by atoms with Crippen molar-refractivity contribution < 1.29 is 18.7 Å². The number of nitrogens with zero attached hydrogens (tertiary/aromatic N) is 3. The first kappa shape index (κ1) is 23.9. The quantitative estimate of drug-likeness (QED) is 0.337. The average molecular weight is 490 g/mol. The maximum atomic E-state index is 13.6. The van der Waals surface area contributed by atoms with Crippen molar-refractivity contribution in [1.29, 1.82) is 0 Å². The van der Waals surface area contributed by atoms with E-state index in [0.717, 1.165) is 44.5 Å². The number of hydrogen-bond acceptors (Lipinski definition) is 6. The van der Waals surface area contributed by atoms with Crippen molar-refractivity contribution in [2.24, 2.45) is 0 Å². The van der Waals surface area contributed by atoms with Gasteiger partial charge in [-0.15, -0.1) is 0 Å². The van der Waals surface area contributed by atoms with Crippen molar-refractivity contribution in [3.05, 3.63) is 72.1 Å². The van der Waals surface area contributed by atoms with Crippen LogP contribution in [0.25, 0.3) is 22.3 Å². The second-order valence-electron chi connectivity index (χ2n) is 8.78. The number of rotatable bonds is 9. The highest BCUT2D eigenvalue weighted by atomic mass is 19.1. The number of aromatic nitrogens is 4. The molecule has 0 bridgehead atoms. The van der Waals surface area contributed by atoms with Crippen molar-refractivity contribution >= 4 is 16.9 Å². The Balaban J connectivity index is 1.35. The van der Waals surface area contributed by atoms with Gasteiger partial charge in [0.15, 0.2) is 0 Å². The summed E-state index contributed by atoms with van der Waals surface area (Å²) < 4.78 is 25.4. The molecule has 3 heterocycles. The van der Waals surface area contributed by atoms with Crippen LogP contribution in [0.1, 0.15) is 41.9 Å². The molecule has 2 aromatic heterocycles. The minimum atomic E-state index is -0.337. The van der Waals surface area contributed by atoms with Gasteiger partial charge in [-0.3, -0.25) is 4.79 Å². The Bertz CT molecular complexity index is 1310. The van der Waals surface area contributed by atoms with Crippen LogP contribution < -0.4 is 10.1 Å². The van der Waals surface area contributed by atoms with Crippen molar-refractivity contribution in [2.45, 2.75) is 38.2 Å². The van der Waals surface area contributed by atoms with E-state index in [9.17, 15) is 9.18 Å². The number of nitrogens with one attached hydrogen (secondary N) is 2. The van der Waals surface area contributed by atoms with Crippen LogP contribution in [-0.2, 0) is 11.2 Å². The van der Waals surface area contributed by atoms with E-state index < -0.39 is 0 Å². The van der Waals surface area contributed by atoms with E-state index >= 15 is 0 Å². The molecule has 2 N–H and O–H groups in total. The molecule has 186 valence electrons. The fourth-order valence-electron chi connectivity index (χ4n) is 4.18. The zero-order valence-corrected chi connectivity index (χ0v) is 19.9. The van der Waals surface area contributed by atoms with E-state index in [1.165, 1.54) is 12.1 Å². The number of carbonyl (C=O) groups excluding carboxylic acids is 1. The summed E-state index contributed by atoms with van der Waals surface area (Å²) in [5, 5.41) is 2.94. The Hall–Kier alpha value is -3.85. The predicted molar refractivity (Wildman–Crippen MR) is 133 cm³/mol. The van der Waals surface area contributed by atoms with E-state index in [4.69, 9.17) is 14.5 Å². The van der Waals surface area contributed by atoms with Gasteiger partial charge in [-0.25, -0.2) is 19.3 Å². The highest BCUT2D eigenvalue weighted by Crippen LogP contribution is 2.30. The van der Waals surface area contributed by atoms with Crippen LogP contribution in [0, 0.1) is 5.82 Å². The molecule has 1 fully saturated rings. The first-order valence-corrected chi connectivity index (χ1v) is 12.2. The van der Waals surface area contributed by atoms with Gasteiger partial charge in [0.05, 0.1) is 17.1 Å². The lowest BCUT2D eigenvalue weighted by molar-refractivity contribution is -0.0118. The minimum Gasteiger partial charge on any atom is -0.473 e. The Morgan fingerprint density at radius 3 is 2.81 bits per heavy atom. The monoisotopic (exact) mass is 489 g/mol. The molecule has 1 saturated heterocycles. The Morgan fingerprint density at radius 2 is 2.03 bits per heavy atom. The largest absolute Gasteiger partial charge is 0.473 e. The van der Waals surface area contributed by atoms with Crippen LogP contribution in [0.15, 0.2) is 54.9 Å². The fraction of sp³-hybridized carbons (Fsp3) is 0.333. The fourth-order valence-corrected chi connectivity index (χ4v) is 4.18. The molecule has 1 amide bonds. The number of benzene rings is 2. The lowest BCUT2D eigenvalue weighted by Crippen LogP contribution is -2.26. The number of H-pyrrole nitrogens is 1. The molecule has 0 saturated carbocycles. The standard InChI is InChI=1S/C27H28FN5O3/c28-20-9-6-18(7-10-20)25-27(36-17-21-4-1-2-15-35-21)33-22-11-8-19(16-23(22)32-25)26(34)31-12-3-5-24-29-13-14-30-24/h6-11,13-14,16,21H,1-5,12,15,17H2,(H,29,30)(H,31,34). The summed E-state index contributed by atoms with van der Waals surface area (Å²) in [5.41, 5.74) is 2.82. The molecule has 1 aliphatic rings. The van der Waals surface area contributed by atoms with Gasteiger partial charge >= 0.3 is 0 Å². The molecular weight excluding hydrogens is 461 g/mol. The Morgan fingerprint density at radius 1 is 1.14 bits per heavy atom. The zero-order valence-electron chi connectivity index (χ0n) is 19.9. The lowest BCUT2D eigenvalue weighted by Gasteiger charge is -2.22. The zero-order chi connectivity index (χ0) is 24.7. The first-order valence-electron chi connectivity index (χ1n) is 12.2. The summed E-state index contributed by atoms with van der Waals surface area (Å²) in [7, 11) is 0. The van der Waals surface area contributed by atoms with Crippen LogP contribution in [0.5, 0.6) is 5.88 Å². The smallest absolute Gasteiger partial charge is 0.251 e. The molecule has 36 heavy (non-hydrogen) atoms. The van der Waals surface area contributed by atoms with Gasteiger partial charge in [0, 0.05) is 43.1 Å².